The highest BCUT2D eigenvalue weighted by atomic mass is 28.4. The standard InChI is InChI=1S/C28H44O5Si/c1-15-13-27-16(2)11-19-20(26(19,9)10)18(22(27)30)12-17-14-32-34(24(3,4)5,25(6,7)8)33-23(17)28(27,31)21(15)29/h12-13,16,18-21,23,29,31H,11,14H2,1-10H3/t16-,18?,19-,20+,21+,23-,27?,28-/m1/s1. The van der Waals surface area contributed by atoms with Gasteiger partial charge >= 0.3 is 8.56 Å². The summed E-state index contributed by atoms with van der Waals surface area (Å²) in [6.45, 7) is 21.7. The van der Waals surface area contributed by atoms with Crippen LogP contribution in [0.1, 0.15) is 75.7 Å². The number of hydrogen-bond acceptors (Lipinski definition) is 5. The second-order valence-corrected chi connectivity index (χ2v) is 19.4. The first kappa shape index (κ1) is 24.9. The molecule has 0 aromatic heterocycles. The molecule has 3 fully saturated rings. The fourth-order valence-corrected chi connectivity index (χ4v) is 13.8. The van der Waals surface area contributed by atoms with Crippen molar-refractivity contribution in [3.63, 3.8) is 0 Å². The summed E-state index contributed by atoms with van der Waals surface area (Å²) in [6, 6.07) is 0. The second-order valence-electron chi connectivity index (χ2n) is 14.6. The summed E-state index contributed by atoms with van der Waals surface area (Å²) in [4.78, 5) is 14.5. The Hall–Kier alpha value is -0.793. The molecule has 5 nitrogen and oxygen atoms in total. The van der Waals surface area contributed by atoms with Crippen LogP contribution >= 0.6 is 0 Å². The molecule has 1 saturated heterocycles. The average molecular weight is 489 g/mol. The third-order valence-electron chi connectivity index (χ3n) is 10.4. The summed E-state index contributed by atoms with van der Waals surface area (Å²) in [6.07, 6.45) is 2.94. The van der Waals surface area contributed by atoms with Gasteiger partial charge in [-0.05, 0) is 47.7 Å². The highest BCUT2D eigenvalue weighted by molar-refractivity contribution is 6.73. The van der Waals surface area contributed by atoms with Crippen molar-refractivity contribution in [2.45, 2.75) is 104 Å². The van der Waals surface area contributed by atoms with Crippen LogP contribution in [-0.2, 0) is 13.6 Å². The molecule has 0 aromatic carbocycles. The van der Waals surface area contributed by atoms with Crippen LogP contribution in [0.25, 0.3) is 0 Å². The lowest BCUT2D eigenvalue weighted by Crippen LogP contribution is -2.71. The maximum absolute atomic E-state index is 14.5. The Kier molecular flexibility index (Phi) is 4.93. The zero-order valence-corrected chi connectivity index (χ0v) is 23.7. The van der Waals surface area contributed by atoms with Gasteiger partial charge in [0.2, 0.25) is 0 Å². The third kappa shape index (κ3) is 2.62. The number of ketones is 1. The third-order valence-corrected chi connectivity index (χ3v) is 15.5. The average Bonchev–Trinajstić information content (AvgIpc) is 3.21. The highest BCUT2D eigenvalue weighted by Gasteiger charge is 2.77. The summed E-state index contributed by atoms with van der Waals surface area (Å²) in [5.41, 5.74) is -1.31. The van der Waals surface area contributed by atoms with Gasteiger partial charge in [-0.3, -0.25) is 4.79 Å². The molecule has 0 aromatic rings. The van der Waals surface area contributed by atoms with E-state index in [1.54, 1.807) is 0 Å². The predicted octanol–water partition coefficient (Wildman–Crippen LogP) is 4.92. The van der Waals surface area contributed by atoms with Crippen molar-refractivity contribution >= 4 is 14.3 Å². The van der Waals surface area contributed by atoms with E-state index in [1.165, 1.54) is 0 Å². The minimum absolute atomic E-state index is 0.0563. The monoisotopic (exact) mass is 488 g/mol. The van der Waals surface area contributed by atoms with E-state index >= 15 is 0 Å². The summed E-state index contributed by atoms with van der Waals surface area (Å²) >= 11 is 0. The van der Waals surface area contributed by atoms with Crippen LogP contribution < -0.4 is 0 Å². The Morgan fingerprint density at radius 3 is 2.26 bits per heavy atom. The van der Waals surface area contributed by atoms with E-state index in [0.29, 0.717) is 18.1 Å². The molecule has 8 atom stereocenters. The largest absolute Gasteiger partial charge is 0.389 e. The molecule has 2 bridgehead atoms. The Labute approximate surface area is 206 Å². The molecule has 1 spiro atoms. The number of rotatable bonds is 0. The SMILES string of the molecule is CC1=CC23C(=O)C(C=C4CO[Si](C(C)(C)C)(C(C)(C)C)O[C@H]4[C@]2(O)[C@H]1O)[C@H]1[C@@H](C[C@H]3C)C1(C)C. The second kappa shape index (κ2) is 6.74. The number of aliphatic hydroxyl groups is 2. The van der Waals surface area contributed by atoms with E-state index in [2.05, 4.69) is 68.4 Å². The molecule has 0 radical (unpaired) electrons. The number of allylic oxidation sites excluding steroid dienone is 1. The molecule has 2 N–H and O–H groups in total. The van der Waals surface area contributed by atoms with Crippen LogP contribution in [0.5, 0.6) is 0 Å². The van der Waals surface area contributed by atoms with Gasteiger partial charge in [0.25, 0.3) is 0 Å². The highest BCUT2D eigenvalue weighted by Crippen LogP contribution is 2.72. The molecule has 2 unspecified atom stereocenters. The first-order valence-electron chi connectivity index (χ1n) is 13.0. The van der Waals surface area contributed by atoms with Gasteiger partial charge in [0.05, 0.1) is 12.0 Å². The first-order valence-corrected chi connectivity index (χ1v) is 14.9. The van der Waals surface area contributed by atoms with Crippen molar-refractivity contribution in [3.8, 4) is 0 Å². The van der Waals surface area contributed by atoms with Crippen molar-refractivity contribution in [1.29, 1.82) is 0 Å². The lowest BCUT2D eigenvalue weighted by Gasteiger charge is -2.58. The number of hydrogen-bond donors (Lipinski definition) is 2. The molecular weight excluding hydrogens is 444 g/mol. The lowest BCUT2D eigenvalue weighted by molar-refractivity contribution is -0.194. The van der Waals surface area contributed by atoms with Gasteiger partial charge in [-0.2, -0.15) is 0 Å². The van der Waals surface area contributed by atoms with Crippen molar-refractivity contribution in [2.75, 3.05) is 6.61 Å². The quantitative estimate of drug-likeness (QED) is 0.374. The van der Waals surface area contributed by atoms with Gasteiger partial charge in [0.1, 0.15) is 17.8 Å². The molecule has 2 saturated carbocycles. The molecule has 5 rings (SSSR count). The minimum Gasteiger partial charge on any atom is -0.389 e. The lowest BCUT2D eigenvalue weighted by atomic mass is 9.59. The molecule has 6 heteroatoms. The molecular formula is C28H44O5Si. The van der Waals surface area contributed by atoms with Crippen LogP contribution in [0.4, 0.5) is 0 Å². The molecule has 5 aliphatic rings. The van der Waals surface area contributed by atoms with E-state index in [-0.39, 0.29) is 39.0 Å². The molecule has 1 aliphatic heterocycles. The summed E-state index contributed by atoms with van der Waals surface area (Å²) < 4.78 is 13.9. The summed E-state index contributed by atoms with van der Waals surface area (Å²) in [5.74, 6) is 0.342. The van der Waals surface area contributed by atoms with Gasteiger partial charge in [-0.25, -0.2) is 0 Å². The van der Waals surface area contributed by atoms with Crippen LogP contribution in [0.3, 0.4) is 0 Å². The maximum Gasteiger partial charge on any atom is 0.350 e. The van der Waals surface area contributed by atoms with Crippen LogP contribution in [0.2, 0.25) is 10.1 Å². The number of fused-ring (bicyclic) bond motifs is 5. The summed E-state index contributed by atoms with van der Waals surface area (Å²) in [7, 11) is -2.96. The molecule has 0 amide bonds. The van der Waals surface area contributed by atoms with E-state index in [4.69, 9.17) is 8.85 Å². The fourth-order valence-electron chi connectivity index (χ4n) is 8.86. The van der Waals surface area contributed by atoms with Gasteiger partial charge in [0, 0.05) is 16.0 Å². The van der Waals surface area contributed by atoms with Gasteiger partial charge in [-0.15, -0.1) is 0 Å². The zero-order valence-electron chi connectivity index (χ0n) is 22.7. The molecule has 4 aliphatic carbocycles. The van der Waals surface area contributed by atoms with Crippen molar-refractivity contribution in [1.82, 2.24) is 0 Å². The molecule has 1 heterocycles. The Morgan fingerprint density at radius 1 is 1.12 bits per heavy atom. The number of Topliss-reactive ketones (excluding diaryl/α,β-unsaturated/α-hetero) is 1. The smallest absolute Gasteiger partial charge is 0.350 e. The van der Waals surface area contributed by atoms with E-state index in [9.17, 15) is 15.0 Å². The van der Waals surface area contributed by atoms with Crippen molar-refractivity contribution < 1.29 is 23.9 Å². The molecule has 190 valence electrons. The van der Waals surface area contributed by atoms with Gasteiger partial charge in [-0.1, -0.05) is 74.5 Å². The first-order chi connectivity index (χ1) is 15.4. The predicted molar refractivity (Wildman–Crippen MR) is 134 cm³/mol. The van der Waals surface area contributed by atoms with E-state index in [1.807, 2.05) is 13.0 Å². The maximum atomic E-state index is 14.5. The summed E-state index contributed by atoms with van der Waals surface area (Å²) in [5, 5.41) is 23.8. The van der Waals surface area contributed by atoms with Crippen LogP contribution in [0.15, 0.2) is 23.3 Å². The normalized spacial score (nSPS) is 46.9. The molecule has 34 heavy (non-hydrogen) atoms. The zero-order chi connectivity index (χ0) is 25.4. The van der Waals surface area contributed by atoms with Crippen LogP contribution in [-0.4, -0.2) is 49.0 Å². The van der Waals surface area contributed by atoms with Crippen LogP contribution in [0, 0.1) is 34.5 Å². The van der Waals surface area contributed by atoms with E-state index in [0.717, 1.165) is 12.0 Å². The Balaban J connectivity index is 1.76. The van der Waals surface area contributed by atoms with Crippen molar-refractivity contribution in [3.05, 3.63) is 23.3 Å². The Morgan fingerprint density at radius 2 is 1.71 bits per heavy atom. The minimum atomic E-state index is -2.96. The number of aliphatic hydroxyl groups excluding tert-OH is 1. The number of carbonyl (C=O) groups excluding carboxylic acids is 1. The Bertz CT molecular complexity index is 983. The fraction of sp³-hybridized carbons (Fsp3) is 0.821. The topological polar surface area (TPSA) is 76.0 Å². The van der Waals surface area contributed by atoms with E-state index < -0.39 is 31.8 Å². The van der Waals surface area contributed by atoms with Crippen molar-refractivity contribution in [2.24, 2.45) is 34.5 Å². The number of carbonyl (C=O) groups is 1. The van der Waals surface area contributed by atoms with Gasteiger partial charge in [0.15, 0.2) is 5.78 Å². The van der Waals surface area contributed by atoms with Gasteiger partial charge < -0.3 is 19.1 Å².